The molecule has 1 aromatic rings. The van der Waals surface area contributed by atoms with Gasteiger partial charge >= 0.3 is 6.03 Å². The van der Waals surface area contributed by atoms with Crippen molar-refractivity contribution in [1.29, 1.82) is 0 Å². The second-order valence-electron chi connectivity index (χ2n) is 4.78. The van der Waals surface area contributed by atoms with Crippen LogP contribution in [-0.2, 0) is 6.42 Å². The molecule has 1 unspecified atom stereocenters. The van der Waals surface area contributed by atoms with Gasteiger partial charge in [-0.05, 0) is 32.1 Å². The molecule has 1 atom stereocenters. The lowest BCUT2D eigenvalue weighted by Gasteiger charge is -2.26. The molecule has 2 N–H and O–H groups in total. The summed E-state index contributed by atoms with van der Waals surface area (Å²) in [4.78, 5) is 18.2. The maximum Gasteiger partial charge on any atom is 0.314 e. The lowest BCUT2D eigenvalue weighted by atomic mass is 10.2. The first-order chi connectivity index (χ1) is 9.67. The zero-order valence-corrected chi connectivity index (χ0v) is 12.7. The first-order valence-electron chi connectivity index (χ1n) is 7.33. The van der Waals surface area contributed by atoms with E-state index in [4.69, 9.17) is 0 Å². The van der Waals surface area contributed by atoms with Crippen LogP contribution in [0.1, 0.15) is 26.5 Å². The molecule has 112 valence electrons. The molecule has 0 bridgehead atoms. The van der Waals surface area contributed by atoms with Crippen molar-refractivity contribution in [3.05, 3.63) is 30.1 Å². The number of likely N-dealkylation sites (N-methyl/N-ethyl adjacent to an activating group) is 1. The van der Waals surface area contributed by atoms with Gasteiger partial charge in [-0.3, -0.25) is 9.88 Å². The summed E-state index contributed by atoms with van der Waals surface area (Å²) in [5.41, 5.74) is 0.990. The van der Waals surface area contributed by atoms with E-state index in [1.165, 1.54) is 0 Å². The van der Waals surface area contributed by atoms with Crippen molar-refractivity contribution in [1.82, 2.24) is 20.5 Å². The summed E-state index contributed by atoms with van der Waals surface area (Å²) in [5, 5.41) is 5.76. The van der Waals surface area contributed by atoms with Gasteiger partial charge in [-0.2, -0.15) is 0 Å². The molecule has 5 nitrogen and oxygen atoms in total. The Balaban J connectivity index is 2.17. The molecule has 0 saturated carbocycles. The zero-order valence-electron chi connectivity index (χ0n) is 12.7. The lowest BCUT2D eigenvalue weighted by molar-refractivity contribution is 0.215. The number of amides is 2. The van der Waals surface area contributed by atoms with Gasteiger partial charge in [0, 0.05) is 37.4 Å². The average molecular weight is 278 g/mol. The van der Waals surface area contributed by atoms with E-state index >= 15 is 0 Å². The van der Waals surface area contributed by atoms with E-state index < -0.39 is 0 Å². The van der Waals surface area contributed by atoms with E-state index in [1.807, 2.05) is 18.2 Å². The van der Waals surface area contributed by atoms with Gasteiger partial charge in [0.1, 0.15) is 0 Å². The van der Waals surface area contributed by atoms with Crippen molar-refractivity contribution in [3.63, 3.8) is 0 Å². The molecule has 5 heteroatoms. The molecule has 0 spiro atoms. The molecule has 1 aromatic heterocycles. The average Bonchev–Trinajstić information content (AvgIpc) is 2.47. The number of hydrogen-bond acceptors (Lipinski definition) is 3. The summed E-state index contributed by atoms with van der Waals surface area (Å²) < 4.78 is 0. The van der Waals surface area contributed by atoms with E-state index in [0.717, 1.165) is 25.2 Å². The molecular weight excluding hydrogens is 252 g/mol. The fraction of sp³-hybridized carbons (Fsp3) is 0.600. The van der Waals surface area contributed by atoms with Crippen LogP contribution in [0, 0.1) is 0 Å². The maximum atomic E-state index is 11.7. The van der Waals surface area contributed by atoms with Crippen molar-refractivity contribution in [2.75, 3.05) is 26.2 Å². The Morgan fingerprint density at radius 3 is 2.65 bits per heavy atom. The first-order valence-corrected chi connectivity index (χ1v) is 7.33. The van der Waals surface area contributed by atoms with Gasteiger partial charge in [0.25, 0.3) is 0 Å². The number of nitrogens with zero attached hydrogens (tertiary/aromatic N) is 2. The number of aromatic nitrogens is 1. The molecule has 0 saturated heterocycles. The molecule has 20 heavy (non-hydrogen) atoms. The van der Waals surface area contributed by atoms with Crippen molar-refractivity contribution >= 4 is 6.03 Å². The van der Waals surface area contributed by atoms with E-state index in [1.54, 1.807) is 6.20 Å². The summed E-state index contributed by atoms with van der Waals surface area (Å²) in [6.07, 6.45) is 2.51. The monoisotopic (exact) mass is 278 g/mol. The summed E-state index contributed by atoms with van der Waals surface area (Å²) in [6, 6.07) is 6.04. The Kier molecular flexibility index (Phi) is 7.65. The third-order valence-electron chi connectivity index (χ3n) is 3.39. The lowest BCUT2D eigenvalue weighted by Crippen LogP contribution is -2.45. The molecule has 2 amide bonds. The SMILES string of the molecule is CCN(CC)C(C)CNC(=O)NCCc1ccccn1. The Hall–Kier alpha value is -1.62. The fourth-order valence-corrected chi connectivity index (χ4v) is 2.13. The van der Waals surface area contributed by atoms with Crippen LogP contribution in [0.3, 0.4) is 0 Å². The molecule has 1 heterocycles. The van der Waals surface area contributed by atoms with Gasteiger partial charge in [-0.1, -0.05) is 19.9 Å². The topological polar surface area (TPSA) is 57.3 Å². The van der Waals surface area contributed by atoms with Gasteiger partial charge in [0.2, 0.25) is 0 Å². The number of hydrogen-bond donors (Lipinski definition) is 2. The number of nitrogens with one attached hydrogen (secondary N) is 2. The van der Waals surface area contributed by atoms with Crippen LogP contribution in [0.25, 0.3) is 0 Å². The highest BCUT2D eigenvalue weighted by atomic mass is 16.2. The molecule has 1 rings (SSSR count). The minimum Gasteiger partial charge on any atom is -0.338 e. The number of carbonyl (C=O) groups is 1. The van der Waals surface area contributed by atoms with E-state index in [9.17, 15) is 4.79 Å². The van der Waals surface area contributed by atoms with Gasteiger partial charge < -0.3 is 10.6 Å². The largest absolute Gasteiger partial charge is 0.338 e. The molecule has 0 radical (unpaired) electrons. The normalized spacial score (nSPS) is 12.2. The number of pyridine rings is 1. The standard InChI is InChI=1S/C15H26N4O/c1-4-19(5-2)13(3)12-18-15(20)17-11-9-14-8-6-7-10-16-14/h6-8,10,13H,4-5,9,11-12H2,1-3H3,(H2,17,18,20). The number of carbonyl (C=O) groups excluding carboxylic acids is 1. The number of urea groups is 1. The van der Waals surface area contributed by atoms with Crippen molar-refractivity contribution in [2.24, 2.45) is 0 Å². The van der Waals surface area contributed by atoms with E-state index in [2.05, 4.69) is 41.3 Å². The maximum absolute atomic E-state index is 11.7. The highest BCUT2D eigenvalue weighted by Crippen LogP contribution is 1.96. The zero-order chi connectivity index (χ0) is 14.8. The highest BCUT2D eigenvalue weighted by molar-refractivity contribution is 5.73. The van der Waals surface area contributed by atoms with Crippen LogP contribution in [0.4, 0.5) is 4.79 Å². The Bertz CT molecular complexity index is 379. The van der Waals surface area contributed by atoms with Gasteiger partial charge in [0.15, 0.2) is 0 Å². The molecule has 0 aromatic carbocycles. The van der Waals surface area contributed by atoms with Crippen LogP contribution in [0.15, 0.2) is 24.4 Å². The Morgan fingerprint density at radius 2 is 2.05 bits per heavy atom. The van der Waals surface area contributed by atoms with Crippen LogP contribution >= 0.6 is 0 Å². The Morgan fingerprint density at radius 1 is 1.30 bits per heavy atom. The van der Waals surface area contributed by atoms with Crippen LogP contribution in [0.5, 0.6) is 0 Å². The predicted octanol–water partition coefficient (Wildman–Crippen LogP) is 1.65. The highest BCUT2D eigenvalue weighted by Gasteiger charge is 2.10. The van der Waals surface area contributed by atoms with Gasteiger partial charge in [0.05, 0.1) is 0 Å². The van der Waals surface area contributed by atoms with E-state index in [0.29, 0.717) is 19.1 Å². The first kappa shape index (κ1) is 16.4. The molecule has 0 fully saturated rings. The third kappa shape index (κ3) is 6.02. The second kappa shape index (κ2) is 9.31. The quantitative estimate of drug-likeness (QED) is 0.760. The summed E-state index contributed by atoms with van der Waals surface area (Å²) in [7, 11) is 0. The second-order valence-corrected chi connectivity index (χ2v) is 4.78. The fourth-order valence-electron chi connectivity index (χ4n) is 2.13. The van der Waals surface area contributed by atoms with Crippen LogP contribution in [0.2, 0.25) is 0 Å². The molecular formula is C15H26N4O. The molecule has 0 aliphatic heterocycles. The summed E-state index contributed by atoms with van der Waals surface area (Å²) in [6.45, 7) is 9.65. The van der Waals surface area contributed by atoms with Gasteiger partial charge in [-0.25, -0.2) is 4.79 Å². The van der Waals surface area contributed by atoms with Crippen molar-refractivity contribution in [3.8, 4) is 0 Å². The Labute approximate surface area is 121 Å². The summed E-state index contributed by atoms with van der Waals surface area (Å²) >= 11 is 0. The molecule has 0 aliphatic rings. The van der Waals surface area contributed by atoms with Crippen LogP contribution < -0.4 is 10.6 Å². The minimum atomic E-state index is -0.111. The van der Waals surface area contributed by atoms with Crippen molar-refractivity contribution < 1.29 is 4.79 Å². The number of rotatable bonds is 8. The van der Waals surface area contributed by atoms with Crippen molar-refractivity contribution in [2.45, 2.75) is 33.2 Å². The van der Waals surface area contributed by atoms with Crippen LogP contribution in [-0.4, -0.2) is 48.1 Å². The third-order valence-corrected chi connectivity index (χ3v) is 3.39. The van der Waals surface area contributed by atoms with Gasteiger partial charge in [-0.15, -0.1) is 0 Å². The predicted molar refractivity (Wildman–Crippen MR) is 81.7 cm³/mol. The van der Waals surface area contributed by atoms with E-state index in [-0.39, 0.29) is 6.03 Å². The summed E-state index contributed by atoms with van der Waals surface area (Å²) in [5.74, 6) is 0. The molecule has 0 aliphatic carbocycles. The minimum absolute atomic E-state index is 0.111. The smallest absolute Gasteiger partial charge is 0.314 e.